The maximum atomic E-state index is 11.9. The van der Waals surface area contributed by atoms with Crippen LogP contribution in [0.15, 0.2) is 24.3 Å². The van der Waals surface area contributed by atoms with Gasteiger partial charge in [0.15, 0.2) is 0 Å². The largest absolute Gasteiger partial charge is 0.573 e. The second-order valence-corrected chi connectivity index (χ2v) is 3.26. The molecule has 0 fully saturated rings. The average Bonchev–Trinajstić information content (AvgIpc) is 2.14. The van der Waals surface area contributed by atoms with Crippen molar-refractivity contribution in [1.82, 2.24) is 0 Å². The van der Waals surface area contributed by atoms with Crippen molar-refractivity contribution in [3.63, 3.8) is 0 Å². The lowest BCUT2D eigenvalue weighted by Crippen LogP contribution is -2.17. The third-order valence-corrected chi connectivity index (χ3v) is 2.01. The summed E-state index contributed by atoms with van der Waals surface area (Å²) in [7, 11) is 0. The molecule has 0 spiro atoms. The van der Waals surface area contributed by atoms with E-state index in [0.717, 1.165) is 5.56 Å². The zero-order valence-corrected chi connectivity index (χ0v) is 8.21. The van der Waals surface area contributed by atoms with Crippen molar-refractivity contribution < 1.29 is 17.9 Å². The van der Waals surface area contributed by atoms with E-state index in [9.17, 15) is 13.2 Å². The van der Waals surface area contributed by atoms with Crippen molar-refractivity contribution >= 4 is 0 Å². The summed E-state index contributed by atoms with van der Waals surface area (Å²) >= 11 is 0. The quantitative estimate of drug-likeness (QED) is 0.848. The van der Waals surface area contributed by atoms with Gasteiger partial charge < -0.3 is 10.5 Å². The van der Waals surface area contributed by atoms with Gasteiger partial charge in [0.25, 0.3) is 0 Å². The van der Waals surface area contributed by atoms with Gasteiger partial charge in [-0.3, -0.25) is 0 Å². The summed E-state index contributed by atoms with van der Waals surface area (Å²) in [6.07, 6.45) is -4.65. The molecule has 5 heteroatoms. The summed E-state index contributed by atoms with van der Waals surface area (Å²) in [5.41, 5.74) is 6.15. The molecule has 0 heterocycles. The first kappa shape index (κ1) is 11.8. The summed E-state index contributed by atoms with van der Waals surface area (Å²) in [5.74, 6) is -0.193. The molecule has 1 aromatic rings. The van der Waals surface area contributed by atoms with Crippen molar-refractivity contribution in [3.05, 3.63) is 29.8 Å². The molecule has 0 aliphatic heterocycles. The van der Waals surface area contributed by atoms with E-state index in [4.69, 9.17) is 5.73 Å². The van der Waals surface area contributed by atoms with Crippen LogP contribution in [-0.2, 0) is 0 Å². The molecular weight excluding hydrogens is 207 g/mol. The van der Waals surface area contributed by atoms with Gasteiger partial charge in [0.2, 0.25) is 0 Å². The summed E-state index contributed by atoms with van der Waals surface area (Å²) in [5, 5.41) is 0. The number of halogens is 3. The molecule has 15 heavy (non-hydrogen) atoms. The van der Waals surface area contributed by atoms with Gasteiger partial charge >= 0.3 is 6.36 Å². The number of nitrogens with two attached hydrogens (primary N) is 1. The highest BCUT2D eigenvalue weighted by Gasteiger charge is 2.31. The predicted octanol–water partition coefficient (Wildman–Crippen LogP) is 2.65. The van der Waals surface area contributed by atoms with Crippen molar-refractivity contribution in [2.24, 2.45) is 5.73 Å². The molecular formula is C10H12F3NO. The van der Waals surface area contributed by atoms with Crippen LogP contribution in [-0.4, -0.2) is 12.9 Å². The van der Waals surface area contributed by atoms with Gasteiger partial charge in [-0.25, -0.2) is 0 Å². The van der Waals surface area contributed by atoms with Gasteiger partial charge in [-0.1, -0.05) is 19.1 Å². The Morgan fingerprint density at radius 2 is 2.07 bits per heavy atom. The minimum Gasteiger partial charge on any atom is -0.406 e. The highest BCUT2D eigenvalue weighted by molar-refractivity contribution is 5.30. The third-order valence-electron chi connectivity index (χ3n) is 2.01. The number of benzene rings is 1. The van der Waals surface area contributed by atoms with Crippen molar-refractivity contribution in [1.29, 1.82) is 0 Å². The third kappa shape index (κ3) is 3.79. The van der Waals surface area contributed by atoms with Crippen LogP contribution in [0.25, 0.3) is 0 Å². The van der Waals surface area contributed by atoms with Gasteiger partial charge in [0.05, 0.1) is 0 Å². The maximum Gasteiger partial charge on any atom is 0.573 e. The minimum atomic E-state index is -4.65. The van der Waals surface area contributed by atoms with Gasteiger partial charge in [-0.2, -0.15) is 0 Å². The SMILES string of the molecule is CC(CN)c1cccc(OC(F)(F)F)c1. The maximum absolute atomic E-state index is 11.9. The second-order valence-electron chi connectivity index (χ2n) is 3.26. The van der Waals surface area contributed by atoms with E-state index in [0.29, 0.717) is 6.54 Å². The molecule has 1 atom stereocenters. The summed E-state index contributed by atoms with van der Waals surface area (Å²) in [4.78, 5) is 0. The monoisotopic (exact) mass is 219 g/mol. The zero-order chi connectivity index (χ0) is 11.5. The lowest BCUT2D eigenvalue weighted by atomic mass is 10.0. The van der Waals surface area contributed by atoms with Crippen LogP contribution in [0.5, 0.6) is 5.75 Å². The zero-order valence-electron chi connectivity index (χ0n) is 8.21. The van der Waals surface area contributed by atoms with Gasteiger partial charge in [-0.05, 0) is 30.2 Å². The summed E-state index contributed by atoms with van der Waals surface area (Å²) in [6, 6.07) is 5.86. The number of rotatable bonds is 3. The fourth-order valence-electron chi connectivity index (χ4n) is 1.15. The van der Waals surface area contributed by atoms with Crippen molar-refractivity contribution in [2.45, 2.75) is 19.2 Å². The van der Waals surface area contributed by atoms with E-state index in [1.54, 1.807) is 6.07 Å². The first-order valence-electron chi connectivity index (χ1n) is 4.48. The van der Waals surface area contributed by atoms with E-state index in [2.05, 4.69) is 4.74 Å². The Morgan fingerprint density at radius 1 is 1.40 bits per heavy atom. The summed E-state index contributed by atoms with van der Waals surface area (Å²) < 4.78 is 39.5. The Hall–Kier alpha value is -1.23. The van der Waals surface area contributed by atoms with Gasteiger partial charge in [-0.15, -0.1) is 13.2 Å². The predicted molar refractivity (Wildman–Crippen MR) is 50.6 cm³/mol. The first-order chi connectivity index (χ1) is 6.92. The van der Waals surface area contributed by atoms with Crippen LogP contribution in [0.2, 0.25) is 0 Å². The van der Waals surface area contributed by atoms with Gasteiger partial charge in [0.1, 0.15) is 5.75 Å². The van der Waals surface area contributed by atoms with E-state index in [1.807, 2.05) is 6.92 Å². The van der Waals surface area contributed by atoms with Crippen molar-refractivity contribution in [2.75, 3.05) is 6.54 Å². The van der Waals surface area contributed by atoms with E-state index < -0.39 is 6.36 Å². The first-order valence-corrected chi connectivity index (χ1v) is 4.48. The molecule has 0 saturated carbocycles. The molecule has 0 radical (unpaired) electrons. The number of alkyl halides is 3. The topological polar surface area (TPSA) is 35.2 Å². The molecule has 0 bridgehead atoms. The molecule has 0 aliphatic carbocycles. The highest BCUT2D eigenvalue weighted by atomic mass is 19.4. The number of ether oxygens (including phenoxy) is 1. The van der Waals surface area contributed by atoms with E-state index >= 15 is 0 Å². The van der Waals surface area contributed by atoms with E-state index in [1.165, 1.54) is 18.2 Å². The van der Waals surface area contributed by atoms with Crippen LogP contribution < -0.4 is 10.5 Å². The molecule has 1 rings (SSSR count). The van der Waals surface area contributed by atoms with Crippen LogP contribution in [0.3, 0.4) is 0 Å². The lowest BCUT2D eigenvalue weighted by Gasteiger charge is -2.12. The van der Waals surface area contributed by atoms with Crippen LogP contribution in [0.1, 0.15) is 18.4 Å². The Labute approximate surface area is 85.8 Å². The Morgan fingerprint density at radius 3 is 2.60 bits per heavy atom. The molecule has 0 amide bonds. The Balaban J connectivity index is 2.83. The van der Waals surface area contributed by atoms with Crippen molar-refractivity contribution in [3.8, 4) is 5.75 Å². The van der Waals surface area contributed by atoms with Crippen LogP contribution in [0, 0.1) is 0 Å². The molecule has 1 unspecified atom stereocenters. The number of hydrogen-bond donors (Lipinski definition) is 1. The lowest BCUT2D eigenvalue weighted by molar-refractivity contribution is -0.274. The molecule has 84 valence electrons. The molecule has 0 aromatic heterocycles. The highest BCUT2D eigenvalue weighted by Crippen LogP contribution is 2.25. The summed E-state index contributed by atoms with van der Waals surface area (Å²) in [6.45, 7) is 2.22. The van der Waals surface area contributed by atoms with Crippen LogP contribution in [0.4, 0.5) is 13.2 Å². The van der Waals surface area contributed by atoms with Gasteiger partial charge in [0, 0.05) is 0 Å². The second kappa shape index (κ2) is 4.53. The fourth-order valence-corrected chi connectivity index (χ4v) is 1.15. The molecule has 2 nitrogen and oxygen atoms in total. The Bertz CT molecular complexity index is 325. The molecule has 0 aliphatic rings. The molecule has 1 aromatic carbocycles. The molecule has 2 N–H and O–H groups in total. The Kier molecular flexibility index (Phi) is 3.57. The van der Waals surface area contributed by atoms with E-state index in [-0.39, 0.29) is 11.7 Å². The molecule has 0 saturated heterocycles. The standard InChI is InChI=1S/C10H12F3NO/c1-7(6-14)8-3-2-4-9(5-8)15-10(11,12)13/h2-5,7H,6,14H2,1H3. The van der Waals surface area contributed by atoms with Crippen LogP contribution >= 0.6 is 0 Å². The minimum absolute atomic E-state index is 0.0155. The number of hydrogen-bond acceptors (Lipinski definition) is 2. The smallest absolute Gasteiger partial charge is 0.406 e. The fraction of sp³-hybridized carbons (Fsp3) is 0.400. The average molecular weight is 219 g/mol. The normalized spacial score (nSPS) is 13.7.